The van der Waals surface area contributed by atoms with Crippen molar-refractivity contribution in [2.75, 3.05) is 31.5 Å². The van der Waals surface area contributed by atoms with E-state index in [-0.39, 0.29) is 23.3 Å². The van der Waals surface area contributed by atoms with Crippen LogP contribution in [0.3, 0.4) is 0 Å². The lowest BCUT2D eigenvalue weighted by molar-refractivity contribution is -0.120. The predicted molar refractivity (Wildman–Crippen MR) is 123 cm³/mol. The summed E-state index contributed by atoms with van der Waals surface area (Å²) in [7, 11) is -3.72. The van der Waals surface area contributed by atoms with Gasteiger partial charge in [0.1, 0.15) is 0 Å². The number of para-hydroxylation sites is 1. The minimum Gasteiger partial charge on any atom is -0.339 e. The van der Waals surface area contributed by atoms with Crippen molar-refractivity contribution in [2.45, 2.75) is 30.6 Å². The molecular formula is C23H26ClN3O4S. The van der Waals surface area contributed by atoms with Gasteiger partial charge in [-0.25, -0.2) is 8.42 Å². The maximum atomic E-state index is 13.0. The van der Waals surface area contributed by atoms with Gasteiger partial charge in [0, 0.05) is 31.2 Å². The van der Waals surface area contributed by atoms with Gasteiger partial charge in [0.25, 0.3) is 5.91 Å². The normalized spacial score (nSPS) is 19.7. The number of rotatable bonds is 5. The Labute approximate surface area is 193 Å². The molecule has 2 saturated heterocycles. The number of piperidine rings is 1. The third-order valence-corrected chi connectivity index (χ3v) is 8.15. The molecule has 4 rings (SSSR count). The van der Waals surface area contributed by atoms with Crippen LogP contribution in [0.4, 0.5) is 5.69 Å². The summed E-state index contributed by atoms with van der Waals surface area (Å²) >= 11 is 5.88. The molecule has 7 nitrogen and oxygen atoms in total. The number of halogens is 1. The molecule has 2 fully saturated rings. The summed E-state index contributed by atoms with van der Waals surface area (Å²) in [6.45, 7) is 1.90. The lowest BCUT2D eigenvalue weighted by Crippen LogP contribution is -2.43. The zero-order valence-corrected chi connectivity index (χ0v) is 19.2. The van der Waals surface area contributed by atoms with Crippen LogP contribution >= 0.6 is 11.6 Å². The summed E-state index contributed by atoms with van der Waals surface area (Å²) < 4.78 is 27.4. The number of anilines is 1. The molecule has 1 atom stereocenters. The van der Waals surface area contributed by atoms with Gasteiger partial charge in [0.2, 0.25) is 15.9 Å². The van der Waals surface area contributed by atoms with E-state index < -0.39 is 15.9 Å². The van der Waals surface area contributed by atoms with Crippen LogP contribution in [0.5, 0.6) is 0 Å². The standard InChI is InChI=1S/C23H26ClN3O4S/c24-18-9-11-19(12-10-18)32(30,31)27-15-5-6-17(16-27)22(28)25-21-8-2-1-7-20(21)23(29)26-13-3-4-14-26/h1-2,7-12,17H,3-6,13-16H2,(H,25,28)/t17-/m1/s1. The molecule has 2 aliphatic heterocycles. The Hall–Kier alpha value is -2.42. The monoisotopic (exact) mass is 475 g/mol. The van der Waals surface area contributed by atoms with Crippen molar-refractivity contribution >= 4 is 39.1 Å². The molecule has 0 aromatic heterocycles. The van der Waals surface area contributed by atoms with Gasteiger partial charge in [-0.3, -0.25) is 9.59 Å². The minimum absolute atomic E-state index is 0.0889. The predicted octanol–water partition coefficient (Wildman–Crippen LogP) is 3.62. The molecule has 1 N–H and O–H groups in total. The van der Waals surface area contributed by atoms with Gasteiger partial charge in [-0.05, 0) is 62.1 Å². The molecule has 0 aliphatic carbocycles. The maximum Gasteiger partial charge on any atom is 0.255 e. The quantitative estimate of drug-likeness (QED) is 0.715. The first-order valence-electron chi connectivity index (χ1n) is 10.8. The van der Waals surface area contributed by atoms with E-state index in [2.05, 4.69) is 5.32 Å². The van der Waals surface area contributed by atoms with Gasteiger partial charge in [-0.2, -0.15) is 4.31 Å². The molecule has 0 spiro atoms. The number of sulfonamides is 1. The number of nitrogens with zero attached hydrogens (tertiary/aromatic N) is 2. The first kappa shape index (κ1) is 22.8. The van der Waals surface area contributed by atoms with Gasteiger partial charge in [0.15, 0.2) is 0 Å². The SMILES string of the molecule is O=C(Nc1ccccc1C(=O)N1CCCC1)[C@@H]1CCCN(S(=O)(=O)c2ccc(Cl)cc2)C1. The van der Waals surface area contributed by atoms with E-state index in [9.17, 15) is 18.0 Å². The van der Waals surface area contributed by atoms with Crippen molar-refractivity contribution in [3.8, 4) is 0 Å². The Kier molecular flexibility index (Phi) is 6.83. The van der Waals surface area contributed by atoms with E-state index in [1.54, 1.807) is 29.2 Å². The molecule has 2 aromatic carbocycles. The Morgan fingerprint density at radius 2 is 1.62 bits per heavy atom. The zero-order valence-electron chi connectivity index (χ0n) is 17.7. The Morgan fingerprint density at radius 3 is 2.34 bits per heavy atom. The van der Waals surface area contributed by atoms with Crippen LogP contribution in [-0.2, 0) is 14.8 Å². The molecule has 0 radical (unpaired) electrons. The molecule has 0 saturated carbocycles. The molecule has 0 bridgehead atoms. The van der Waals surface area contributed by atoms with E-state index in [1.807, 2.05) is 0 Å². The number of amides is 2. The fourth-order valence-corrected chi connectivity index (χ4v) is 5.88. The van der Waals surface area contributed by atoms with Gasteiger partial charge in [-0.15, -0.1) is 0 Å². The van der Waals surface area contributed by atoms with Gasteiger partial charge < -0.3 is 10.2 Å². The highest BCUT2D eigenvalue weighted by atomic mass is 35.5. The van der Waals surface area contributed by atoms with E-state index in [0.29, 0.717) is 35.7 Å². The summed E-state index contributed by atoms with van der Waals surface area (Å²) in [4.78, 5) is 27.9. The third-order valence-electron chi connectivity index (χ3n) is 6.01. The largest absolute Gasteiger partial charge is 0.339 e. The molecule has 9 heteroatoms. The first-order chi connectivity index (χ1) is 15.4. The van der Waals surface area contributed by atoms with Gasteiger partial charge in [-0.1, -0.05) is 23.7 Å². The Morgan fingerprint density at radius 1 is 0.938 bits per heavy atom. The molecular weight excluding hydrogens is 450 g/mol. The maximum absolute atomic E-state index is 13.0. The highest BCUT2D eigenvalue weighted by Crippen LogP contribution is 2.27. The molecule has 170 valence electrons. The van der Waals surface area contributed by atoms with E-state index >= 15 is 0 Å². The van der Waals surface area contributed by atoms with Gasteiger partial charge in [0.05, 0.1) is 22.1 Å². The Balaban J connectivity index is 1.47. The smallest absolute Gasteiger partial charge is 0.255 e. The van der Waals surface area contributed by atoms with Crippen LogP contribution in [-0.4, -0.2) is 55.6 Å². The summed E-state index contributed by atoms with van der Waals surface area (Å²) in [5.41, 5.74) is 0.927. The molecule has 2 aliphatic rings. The highest BCUT2D eigenvalue weighted by Gasteiger charge is 2.34. The molecule has 2 aromatic rings. The average molecular weight is 476 g/mol. The lowest BCUT2D eigenvalue weighted by atomic mass is 9.98. The molecule has 0 unspecified atom stereocenters. The topological polar surface area (TPSA) is 86.8 Å². The number of carbonyl (C=O) groups excluding carboxylic acids is 2. The van der Waals surface area contributed by atoms with Crippen LogP contribution < -0.4 is 5.32 Å². The second kappa shape index (κ2) is 9.60. The minimum atomic E-state index is -3.72. The van der Waals surface area contributed by atoms with Gasteiger partial charge >= 0.3 is 0 Å². The average Bonchev–Trinajstić information content (AvgIpc) is 3.34. The second-order valence-electron chi connectivity index (χ2n) is 8.19. The molecule has 2 amide bonds. The van der Waals surface area contributed by atoms with Crippen molar-refractivity contribution < 1.29 is 18.0 Å². The molecule has 2 heterocycles. The summed E-state index contributed by atoms with van der Waals surface area (Å²) in [5, 5.41) is 3.34. The number of benzene rings is 2. The van der Waals surface area contributed by atoms with Crippen LogP contribution in [0.15, 0.2) is 53.4 Å². The van der Waals surface area contributed by atoms with E-state index in [1.165, 1.54) is 28.6 Å². The van der Waals surface area contributed by atoms with E-state index in [0.717, 1.165) is 25.9 Å². The van der Waals surface area contributed by atoms with Crippen molar-refractivity contribution in [3.05, 3.63) is 59.1 Å². The summed E-state index contributed by atoms with van der Waals surface area (Å²) in [5.74, 6) is -0.863. The van der Waals surface area contributed by atoms with Crippen molar-refractivity contribution in [3.63, 3.8) is 0 Å². The van der Waals surface area contributed by atoms with Crippen LogP contribution in [0.1, 0.15) is 36.0 Å². The number of carbonyl (C=O) groups is 2. The Bertz CT molecular complexity index is 1100. The van der Waals surface area contributed by atoms with Crippen molar-refractivity contribution in [2.24, 2.45) is 5.92 Å². The number of hydrogen-bond acceptors (Lipinski definition) is 4. The number of hydrogen-bond donors (Lipinski definition) is 1. The van der Waals surface area contributed by atoms with E-state index in [4.69, 9.17) is 11.6 Å². The second-order valence-corrected chi connectivity index (χ2v) is 10.6. The van der Waals surface area contributed by atoms with Crippen molar-refractivity contribution in [1.82, 2.24) is 9.21 Å². The fourth-order valence-electron chi connectivity index (χ4n) is 4.23. The van der Waals surface area contributed by atoms with Crippen molar-refractivity contribution in [1.29, 1.82) is 0 Å². The number of nitrogens with one attached hydrogen (secondary N) is 1. The first-order valence-corrected chi connectivity index (χ1v) is 12.6. The summed E-state index contributed by atoms with van der Waals surface area (Å²) in [6.07, 6.45) is 3.14. The summed E-state index contributed by atoms with van der Waals surface area (Å²) in [6, 6.07) is 13.0. The zero-order chi connectivity index (χ0) is 22.7. The lowest BCUT2D eigenvalue weighted by Gasteiger charge is -2.31. The number of likely N-dealkylation sites (tertiary alicyclic amines) is 1. The fraction of sp³-hybridized carbons (Fsp3) is 0.391. The van der Waals surface area contributed by atoms with Crippen LogP contribution in [0, 0.1) is 5.92 Å². The molecule has 32 heavy (non-hydrogen) atoms. The third kappa shape index (κ3) is 4.82. The van der Waals surface area contributed by atoms with Crippen LogP contribution in [0.2, 0.25) is 5.02 Å². The van der Waals surface area contributed by atoms with Crippen LogP contribution in [0.25, 0.3) is 0 Å². The highest BCUT2D eigenvalue weighted by molar-refractivity contribution is 7.89.